The summed E-state index contributed by atoms with van der Waals surface area (Å²) in [7, 11) is 0. The van der Waals surface area contributed by atoms with Crippen LogP contribution in [0.15, 0.2) is 35.4 Å². The van der Waals surface area contributed by atoms with Crippen molar-refractivity contribution in [2.24, 2.45) is 10.9 Å². The van der Waals surface area contributed by atoms with Gasteiger partial charge >= 0.3 is 0 Å². The number of phenols is 1. The average molecular weight is 442 g/mol. The Hall–Kier alpha value is -2.88. The van der Waals surface area contributed by atoms with Crippen molar-refractivity contribution in [1.82, 2.24) is 9.88 Å². The molecule has 3 N–H and O–H groups in total. The zero-order chi connectivity index (χ0) is 22.3. The number of pyridine rings is 1. The molecule has 2 aliphatic heterocycles. The number of rotatable bonds is 7. The summed E-state index contributed by atoms with van der Waals surface area (Å²) in [6.45, 7) is 9.50. The fourth-order valence-corrected chi connectivity index (χ4v) is 3.91. The molecule has 1 aromatic heterocycles. The summed E-state index contributed by atoms with van der Waals surface area (Å²) in [4.78, 5) is 9.23. The number of benzene rings is 1. The highest BCUT2D eigenvalue weighted by atomic mass is 16.5. The zero-order valence-electron chi connectivity index (χ0n) is 18.5. The van der Waals surface area contributed by atoms with Gasteiger partial charge in [-0.2, -0.15) is 5.10 Å². The molecule has 9 nitrogen and oxygen atoms in total. The normalized spacial score (nSPS) is 18.0. The summed E-state index contributed by atoms with van der Waals surface area (Å²) in [6, 6.07) is 9.21. The smallest absolute Gasteiger partial charge is 0.215 e. The number of aromatic hydroxyl groups is 1. The number of hydrogen-bond acceptors (Lipinski definition) is 9. The second-order valence-electron chi connectivity index (χ2n) is 7.95. The SMILES string of the molecule is Cc1ccc(O)c(/C(=N\N)c2cc(N3CCOCC3)cc(OCCN3CCOCC3)n2)c1. The third kappa shape index (κ3) is 5.48. The molecule has 3 heterocycles. The number of nitrogens with zero attached hydrogens (tertiary/aromatic N) is 4. The van der Waals surface area contributed by atoms with E-state index in [1.54, 1.807) is 6.07 Å². The highest BCUT2D eigenvalue weighted by Gasteiger charge is 2.19. The first kappa shape index (κ1) is 22.3. The molecular weight excluding hydrogens is 410 g/mol. The second-order valence-corrected chi connectivity index (χ2v) is 7.95. The van der Waals surface area contributed by atoms with Gasteiger partial charge < -0.3 is 30.1 Å². The molecule has 9 heteroatoms. The summed E-state index contributed by atoms with van der Waals surface area (Å²) in [5.41, 5.74) is 3.47. The van der Waals surface area contributed by atoms with E-state index >= 15 is 0 Å². The predicted octanol–water partition coefficient (Wildman–Crippen LogP) is 1.35. The van der Waals surface area contributed by atoms with Crippen LogP contribution in [-0.4, -0.2) is 86.5 Å². The monoisotopic (exact) mass is 441 g/mol. The van der Waals surface area contributed by atoms with Crippen molar-refractivity contribution >= 4 is 11.4 Å². The van der Waals surface area contributed by atoms with Crippen LogP contribution < -0.4 is 15.5 Å². The zero-order valence-corrected chi connectivity index (χ0v) is 18.5. The van der Waals surface area contributed by atoms with E-state index in [1.807, 2.05) is 31.2 Å². The summed E-state index contributed by atoms with van der Waals surface area (Å²) < 4.78 is 17.0. The summed E-state index contributed by atoms with van der Waals surface area (Å²) >= 11 is 0. The molecule has 0 aliphatic carbocycles. The standard InChI is InChI=1S/C23H31N5O4/c1-17-2-3-21(29)19(14-17)23(26-24)20-15-18(28-7-11-31-12-8-28)16-22(25-20)32-13-6-27-4-9-30-10-5-27/h2-3,14-16,29H,4-13,24H2,1H3/b26-23+. The Balaban J connectivity index is 1.60. The van der Waals surface area contributed by atoms with Crippen molar-refractivity contribution in [3.63, 3.8) is 0 Å². The van der Waals surface area contributed by atoms with Crippen LogP contribution in [0.4, 0.5) is 5.69 Å². The first-order chi connectivity index (χ1) is 15.6. The van der Waals surface area contributed by atoms with E-state index in [-0.39, 0.29) is 5.75 Å². The van der Waals surface area contributed by atoms with Crippen LogP contribution >= 0.6 is 0 Å². The molecule has 0 atom stereocenters. The number of aryl methyl sites for hydroxylation is 1. The van der Waals surface area contributed by atoms with Gasteiger partial charge in [-0.3, -0.25) is 4.90 Å². The summed E-state index contributed by atoms with van der Waals surface area (Å²) in [6.07, 6.45) is 0. The Kier molecular flexibility index (Phi) is 7.41. The van der Waals surface area contributed by atoms with Crippen LogP contribution in [0.3, 0.4) is 0 Å². The Morgan fingerprint density at radius 3 is 2.53 bits per heavy atom. The molecule has 0 amide bonds. The third-order valence-electron chi connectivity index (χ3n) is 5.70. The van der Waals surface area contributed by atoms with Crippen LogP contribution in [-0.2, 0) is 9.47 Å². The number of hydrazone groups is 1. The Bertz CT molecular complexity index is 940. The van der Waals surface area contributed by atoms with Crippen molar-refractivity contribution in [1.29, 1.82) is 0 Å². The molecule has 2 saturated heterocycles. The van der Waals surface area contributed by atoms with Crippen LogP contribution in [0.1, 0.15) is 16.8 Å². The molecule has 32 heavy (non-hydrogen) atoms. The molecule has 2 aliphatic rings. The van der Waals surface area contributed by atoms with Gasteiger partial charge in [-0.05, 0) is 25.1 Å². The lowest BCUT2D eigenvalue weighted by Crippen LogP contribution is -2.38. The van der Waals surface area contributed by atoms with E-state index in [1.165, 1.54) is 0 Å². The maximum absolute atomic E-state index is 10.4. The average Bonchev–Trinajstić information content (AvgIpc) is 2.83. The van der Waals surface area contributed by atoms with Gasteiger partial charge in [0.1, 0.15) is 18.1 Å². The number of anilines is 1. The number of hydrogen-bond donors (Lipinski definition) is 2. The Morgan fingerprint density at radius 1 is 1.09 bits per heavy atom. The lowest BCUT2D eigenvalue weighted by atomic mass is 10.0. The third-order valence-corrected chi connectivity index (χ3v) is 5.70. The first-order valence-corrected chi connectivity index (χ1v) is 11.0. The molecule has 2 aromatic rings. The molecule has 0 spiro atoms. The van der Waals surface area contributed by atoms with Crippen LogP contribution in [0.5, 0.6) is 11.6 Å². The van der Waals surface area contributed by atoms with Gasteiger partial charge in [0, 0.05) is 50.0 Å². The minimum absolute atomic E-state index is 0.105. The molecule has 1 aromatic carbocycles. The maximum atomic E-state index is 10.4. The number of nitrogens with two attached hydrogens (primary N) is 1. The molecule has 0 radical (unpaired) electrons. The Labute approximate surface area is 188 Å². The fraction of sp³-hybridized carbons (Fsp3) is 0.478. The lowest BCUT2D eigenvalue weighted by molar-refractivity contribution is 0.0320. The van der Waals surface area contributed by atoms with Crippen LogP contribution in [0.2, 0.25) is 0 Å². The number of phenolic OH excluding ortho intramolecular Hbond substituents is 1. The Morgan fingerprint density at radius 2 is 1.81 bits per heavy atom. The van der Waals surface area contributed by atoms with Gasteiger partial charge in [0.2, 0.25) is 5.88 Å². The quantitative estimate of drug-likeness (QED) is 0.377. The largest absolute Gasteiger partial charge is 0.507 e. The van der Waals surface area contributed by atoms with Gasteiger partial charge in [0.05, 0.1) is 32.1 Å². The number of ether oxygens (including phenoxy) is 3. The van der Waals surface area contributed by atoms with Gasteiger partial charge in [-0.25, -0.2) is 4.98 Å². The maximum Gasteiger partial charge on any atom is 0.215 e. The van der Waals surface area contributed by atoms with E-state index in [2.05, 4.69) is 19.9 Å². The molecule has 0 bridgehead atoms. The van der Waals surface area contributed by atoms with Gasteiger partial charge in [-0.1, -0.05) is 11.6 Å². The van der Waals surface area contributed by atoms with Crippen molar-refractivity contribution in [3.8, 4) is 11.6 Å². The lowest BCUT2D eigenvalue weighted by Gasteiger charge is -2.29. The van der Waals surface area contributed by atoms with Crippen molar-refractivity contribution in [2.75, 3.05) is 70.7 Å². The fourth-order valence-electron chi connectivity index (χ4n) is 3.91. The van der Waals surface area contributed by atoms with E-state index in [9.17, 15) is 5.11 Å². The van der Waals surface area contributed by atoms with Crippen molar-refractivity contribution in [2.45, 2.75) is 6.92 Å². The molecule has 0 unspecified atom stereocenters. The van der Waals surface area contributed by atoms with E-state index < -0.39 is 0 Å². The second kappa shape index (κ2) is 10.6. The van der Waals surface area contributed by atoms with Crippen LogP contribution in [0, 0.1) is 6.92 Å². The van der Waals surface area contributed by atoms with Crippen molar-refractivity contribution in [3.05, 3.63) is 47.2 Å². The topological polar surface area (TPSA) is 106 Å². The van der Waals surface area contributed by atoms with Gasteiger partial charge in [0.15, 0.2) is 0 Å². The summed E-state index contributed by atoms with van der Waals surface area (Å²) in [5, 5.41) is 14.4. The highest BCUT2D eigenvalue weighted by Crippen LogP contribution is 2.27. The number of aromatic nitrogens is 1. The highest BCUT2D eigenvalue weighted by molar-refractivity contribution is 6.13. The molecule has 4 rings (SSSR count). The van der Waals surface area contributed by atoms with Gasteiger partial charge in [-0.15, -0.1) is 0 Å². The van der Waals surface area contributed by atoms with E-state index in [4.69, 9.17) is 20.1 Å². The van der Waals surface area contributed by atoms with Crippen molar-refractivity contribution < 1.29 is 19.3 Å². The van der Waals surface area contributed by atoms with Gasteiger partial charge in [0.25, 0.3) is 0 Å². The van der Waals surface area contributed by atoms with E-state index in [0.717, 1.165) is 57.2 Å². The number of morpholine rings is 2. The molecule has 0 saturated carbocycles. The molecular formula is C23H31N5O4. The summed E-state index contributed by atoms with van der Waals surface area (Å²) in [5.74, 6) is 6.39. The minimum atomic E-state index is 0.105. The van der Waals surface area contributed by atoms with E-state index in [0.29, 0.717) is 42.7 Å². The molecule has 2 fully saturated rings. The minimum Gasteiger partial charge on any atom is -0.507 e. The van der Waals surface area contributed by atoms with Crippen LogP contribution in [0.25, 0.3) is 0 Å². The molecule has 172 valence electrons. The first-order valence-electron chi connectivity index (χ1n) is 11.0. The predicted molar refractivity (Wildman–Crippen MR) is 123 cm³/mol.